The Hall–Kier alpha value is -0.530. The first-order chi connectivity index (χ1) is 7.04. The summed E-state index contributed by atoms with van der Waals surface area (Å²) in [5, 5.41) is 26.8. The second-order valence-electron chi connectivity index (χ2n) is 3.49. The molecule has 0 aromatic rings. The summed E-state index contributed by atoms with van der Waals surface area (Å²) in [7, 11) is 0. The standard InChI is InChI=1S/C9H20N2O4/c10-4-2-1-3-6(11)8(14)9(15)7(13)5-12/h6-7,9,12-13,15H,1-5,10-11H2/t6-,7?,9?/m0/s1. The fourth-order valence-electron chi connectivity index (χ4n) is 1.16. The summed E-state index contributed by atoms with van der Waals surface area (Å²) in [6, 6.07) is -0.812. The number of hydrogen-bond donors (Lipinski definition) is 5. The van der Waals surface area contributed by atoms with Gasteiger partial charge < -0.3 is 26.8 Å². The minimum atomic E-state index is -1.61. The van der Waals surface area contributed by atoms with Gasteiger partial charge in [0.15, 0.2) is 5.78 Å². The maximum Gasteiger partial charge on any atom is 0.180 e. The van der Waals surface area contributed by atoms with Gasteiger partial charge in [0, 0.05) is 0 Å². The summed E-state index contributed by atoms with van der Waals surface area (Å²) in [5.41, 5.74) is 10.8. The van der Waals surface area contributed by atoms with Gasteiger partial charge in [-0.3, -0.25) is 4.79 Å². The largest absolute Gasteiger partial charge is 0.394 e. The van der Waals surface area contributed by atoms with Crippen molar-refractivity contribution in [2.75, 3.05) is 13.2 Å². The number of nitrogens with two attached hydrogens (primary N) is 2. The molecule has 0 aromatic heterocycles. The number of aliphatic hydroxyl groups excluding tert-OH is 3. The minimum absolute atomic E-state index is 0.422. The van der Waals surface area contributed by atoms with Crippen LogP contribution in [0.2, 0.25) is 0 Å². The molecule has 0 amide bonds. The molecule has 0 aromatic carbocycles. The Morgan fingerprint density at radius 3 is 2.33 bits per heavy atom. The third-order valence-electron chi connectivity index (χ3n) is 2.18. The first kappa shape index (κ1) is 14.5. The Labute approximate surface area is 88.9 Å². The molecule has 0 aliphatic carbocycles. The molecule has 0 saturated heterocycles. The van der Waals surface area contributed by atoms with Crippen molar-refractivity contribution in [2.24, 2.45) is 11.5 Å². The predicted molar refractivity (Wildman–Crippen MR) is 55.0 cm³/mol. The summed E-state index contributed by atoms with van der Waals surface area (Å²) in [6.45, 7) is -0.134. The molecule has 6 heteroatoms. The molecule has 6 nitrogen and oxygen atoms in total. The third-order valence-corrected chi connectivity index (χ3v) is 2.18. The highest BCUT2D eigenvalue weighted by molar-refractivity contribution is 5.88. The Balaban J connectivity index is 3.96. The van der Waals surface area contributed by atoms with Crippen molar-refractivity contribution in [1.29, 1.82) is 0 Å². The van der Waals surface area contributed by atoms with Gasteiger partial charge in [-0.2, -0.15) is 0 Å². The molecule has 0 bridgehead atoms. The molecule has 0 aliphatic rings. The SMILES string of the molecule is NCCCC[C@H](N)C(=O)C(O)C(O)CO. The van der Waals surface area contributed by atoms with E-state index in [0.29, 0.717) is 19.4 Å². The highest BCUT2D eigenvalue weighted by Gasteiger charge is 2.27. The molecule has 0 rings (SSSR count). The van der Waals surface area contributed by atoms with Crippen LogP contribution in [0.3, 0.4) is 0 Å². The van der Waals surface area contributed by atoms with E-state index in [1.807, 2.05) is 0 Å². The molecule has 0 aliphatic heterocycles. The van der Waals surface area contributed by atoms with Gasteiger partial charge in [-0.15, -0.1) is 0 Å². The van der Waals surface area contributed by atoms with Gasteiger partial charge in [-0.05, 0) is 19.4 Å². The van der Waals surface area contributed by atoms with E-state index in [1.165, 1.54) is 0 Å². The second kappa shape index (κ2) is 7.72. The van der Waals surface area contributed by atoms with Gasteiger partial charge in [0.1, 0.15) is 12.2 Å². The lowest BCUT2D eigenvalue weighted by molar-refractivity contribution is -0.136. The number of aliphatic hydroxyl groups is 3. The van der Waals surface area contributed by atoms with Crippen LogP contribution in [0.5, 0.6) is 0 Å². The van der Waals surface area contributed by atoms with Crippen LogP contribution in [0.15, 0.2) is 0 Å². The molecule has 0 fully saturated rings. The Morgan fingerprint density at radius 1 is 1.27 bits per heavy atom. The lowest BCUT2D eigenvalue weighted by atomic mass is 9.99. The number of unbranched alkanes of at least 4 members (excludes halogenated alkanes) is 1. The fraction of sp³-hybridized carbons (Fsp3) is 0.889. The van der Waals surface area contributed by atoms with Crippen molar-refractivity contribution < 1.29 is 20.1 Å². The summed E-state index contributed by atoms with van der Waals surface area (Å²) >= 11 is 0. The van der Waals surface area contributed by atoms with Crippen molar-refractivity contribution in [3.05, 3.63) is 0 Å². The number of ketones is 1. The van der Waals surface area contributed by atoms with Crippen LogP contribution < -0.4 is 11.5 Å². The molecule has 0 radical (unpaired) electrons. The van der Waals surface area contributed by atoms with Crippen LogP contribution in [-0.2, 0) is 4.79 Å². The van der Waals surface area contributed by atoms with Gasteiger partial charge in [-0.1, -0.05) is 6.42 Å². The first-order valence-corrected chi connectivity index (χ1v) is 5.01. The van der Waals surface area contributed by atoms with Crippen LogP contribution >= 0.6 is 0 Å². The van der Waals surface area contributed by atoms with Crippen molar-refractivity contribution in [1.82, 2.24) is 0 Å². The molecule has 0 spiro atoms. The van der Waals surface area contributed by atoms with Crippen molar-refractivity contribution >= 4 is 5.78 Å². The number of hydrogen-bond acceptors (Lipinski definition) is 6. The Bertz CT molecular complexity index is 189. The molecular weight excluding hydrogens is 200 g/mol. The molecule has 0 saturated carbocycles. The van der Waals surface area contributed by atoms with E-state index < -0.39 is 30.6 Å². The monoisotopic (exact) mass is 220 g/mol. The average Bonchev–Trinajstić information content (AvgIpc) is 2.26. The normalized spacial score (nSPS) is 17.1. The maximum absolute atomic E-state index is 11.4. The first-order valence-electron chi connectivity index (χ1n) is 5.01. The second-order valence-corrected chi connectivity index (χ2v) is 3.49. The summed E-state index contributed by atoms with van der Waals surface area (Å²) < 4.78 is 0. The summed E-state index contributed by atoms with van der Waals surface area (Å²) in [4.78, 5) is 11.4. The average molecular weight is 220 g/mol. The lowest BCUT2D eigenvalue weighted by Crippen LogP contribution is -2.45. The maximum atomic E-state index is 11.4. The zero-order valence-electron chi connectivity index (χ0n) is 8.67. The molecule has 7 N–H and O–H groups in total. The molecule has 15 heavy (non-hydrogen) atoms. The highest BCUT2D eigenvalue weighted by atomic mass is 16.4. The number of carbonyl (C=O) groups is 1. The Kier molecular flexibility index (Phi) is 7.45. The topological polar surface area (TPSA) is 130 Å². The smallest absolute Gasteiger partial charge is 0.180 e. The van der Waals surface area contributed by atoms with E-state index in [1.54, 1.807) is 0 Å². The number of rotatable bonds is 8. The molecule has 3 atom stereocenters. The van der Waals surface area contributed by atoms with Gasteiger partial charge in [0.05, 0.1) is 12.6 Å². The zero-order valence-corrected chi connectivity index (χ0v) is 8.67. The van der Waals surface area contributed by atoms with E-state index in [2.05, 4.69) is 0 Å². The minimum Gasteiger partial charge on any atom is -0.394 e. The van der Waals surface area contributed by atoms with E-state index in [0.717, 1.165) is 6.42 Å². The van der Waals surface area contributed by atoms with Gasteiger partial charge in [-0.25, -0.2) is 0 Å². The molecule has 90 valence electrons. The highest BCUT2D eigenvalue weighted by Crippen LogP contribution is 2.04. The van der Waals surface area contributed by atoms with Gasteiger partial charge >= 0.3 is 0 Å². The van der Waals surface area contributed by atoms with Crippen molar-refractivity contribution in [3.63, 3.8) is 0 Å². The van der Waals surface area contributed by atoms with Crippen LogP contribution in [0.1, 0.15) is 19.3 Å². The van der Waals surface area contributed by atoms with E-state index >= 15 is 0 Å². The van der Waals surface area contributed by atoms with E-state index in [-0.39, 0.29) is 0 Å². The molecule has 2 unspecified atom stereocenters. The predicted octanol–water partition coefficient (Wildman–Crippen LogP) is -2.27. The van der Waals surface area contributed by atoms with Crippen molar-refractivity contribution in [3.8, 4) is 0 Å². The number of Topliss-reactive ketones (excluding diaryl/α,β-unsaturated/α-hetero) is 1. The van der Waals surface area contributed by atoms with E-state index in [4.69, 9.17) is 21.7 Å². The van der Waals surface area contributed by atoms with Gasteiger partial charge in [0.25, 0.3) is 0 Å². The van der Waals surface area contributed by atoms with Crippen LogP contribution in [0, 0.1) is 0 Å². The van der Waals surface area contributed by atoms with E-state index in [9.17, 15) is 9.90 Å². The van der Waals surface area contributed by atoms with Crippen LogP contribution in [0.25, 0.3) is 0 Å². The van der Waals surface area contributed by atoms with Crippen molar-refractivity contribution in [2.45, 2.75) is 37.5 Å². The number of carbonyl (C=O) groups excluding carboxylic acids is 1. The van der Waals surface area contributed by atoms with Crippen LogP contribution in [-0.4, -0.2) is 52.5 Å². The lowest BCUT2D eigenvalue weighted by Gasteiger charge is -2.18. The molecule has 0 heterocycles. The van der Waals surface area contributed by atoms with Gasteiger partial charge in [0.2, 0.25) is 0 Å². The quantitative estimate of drug-likeness (QED) is 0.293. The summed E-state index contributed by atoms with van der Waals surface area (Å²) in [5.74, 6) is -0.645. The Morgan fingerprint density at radius 2 is 1.87 bits per heavy atom. The molecular formula is C9H20N2O4. The van der Waals surface area contributed by atoms with Crippen LogP contribution in [0.4, 0.5) is 0 Å². The zero-order chi connectivity index (χ0) is 11.8. The third kappa shape index (κ3) is 5.19. The fourth-order valence-corrected chi connectivity index (χ4v) is 1.16. The summed E-state index contributed by atoms with van der Waals surface area (Å²) in [6.07, 6.45) is -1.18.